The number of benzene rings is 1. The molecule has 3 N–H and O–H groups in total. The Labute approximate surface area is 120 Å². The van der Waals surface area contributed by atoms with E-state index in [0.29, 0.717) is 11.4 Å². The Hall–Kier alpha value is -1.70. The molecule has 0 radical (unpaired) electrons. The second kappa shape index (κ2) is 6.17. The van der Waals surface area contributed by atoms with Gasteiger partial charge in [-0.3, -0.25) is 4.79 Å². The Morgan fingerprint density at radius 3 is 2.90 bits per heavy atom. The number of ether oxygens (including phenoxy) is 2. The average molecular weight is 295 g/mol. The van der Waals surface area contributed by atoms with E-state index in [4.69, 9.17) is 15.2 Å². The molecule has 1 aromatic carbocycles. The average Bonchev–Trinajstić information content (AvgIpc) is 2.77. The monoisotopic (exact) mass is 295 g/mol. The molecule has 1 heterocycles. The third-order valence-corrected chi connectivity index (χ3v) is 3.69. The zero-order valence-electron chi connectivity index (χ0n) is 11.6. The van der Waals surface area contributed by atoms with Crippen LogP contribution in [-0.2, 0) is 9.53 Å². The van der Waals surface area contributed by atoms with Crippen LogP contribution < -0.4 is 15.8 Å². The van der Waals surface area contributed by atoms with Gasteiger partial charge in [0.05, 0.1) is 34.6 Å². The summed E-state index contributed by atoms with van der Waals surface area (Å²) in [5.74, 6) is 0.242. The maximum Gasteiger partial charge on any atom is 0.243 e. The van der Waals surface area contributed by atoms with Crippen molar-refractivity contribution in [3.63, 3.8) is 0 Å². The number of amides is 1. The van der Waals surface area contributed by atoms with Crippen molar-refractivity contribution < 1.29 is 14.3 Å². The number of fused-ring (bicyclic) bond motifs is 1. The maximum absolute atomic E-state index is 11.9. The minimum atomic E-state index is -0.719. The lowest BCUT2D eigenvalue weighted by Gasteiger charge is -2.13. The van der Waals surface area contributed by atoms with Gasteiger partial charge in [-0.15, -0.1) is 11.3 Å². The van der Waals surface area contributed by atoms with E-state index in [1.54, 1.807) is 24.5 Å². The van der Waals surface area contributed by atoms with Gasteiger partial charge in [-0.25, -0.2) is 4.98 Å². The summed E-state index contributed by atoms with van der Waals surface area (Å²) in [6.45, 7) is 2.10. The van der Waals surface area contributed by atoms with Crippen LogP contribution in [0.1, 0.15) is 5.01 Å². The number of thiazole rings is 1. The van der Waals surface area contributed by atoms with Crippen molar-refractivity contribution in [1.82, 2.24) is 4.98 Å². The van der Waals surface area contributed by atoms with Crippen molar-refractivity contribution in [1.29, 1.82) is 0 Å². The lowest BCUT2D eigenvalue weighted by molar-refractivity contribution is -0.118. The molecule has 1 atom stereocenters. The highest BCUT2D eigenvalue weighted by atomic mass is 32.1. The number of aryl methyl sites for hydroxylation is 1. The molecule has 2 aromatic rings. The van der Waals surface area contributed by atoms with Crippen molar-refractivity contribution in [2.24, 2.45) is 5.73 Å². The molecular formula is C13H17N3O3S. The first-order valence-corrected chi connectivity index (χ1v) is 6.87. The van der Waals surface area contributed by atoms with E-state index in [2.05, 4.69) is 10.3 Å². The van der Waals surface area contributed by atoms with Crippen LogP contribution in [0.3, 0.4) is 0 Å². The molecule has 108 valence electrons. The van der Waals surface area contributed by atoms with Crippen LogP contribution in [-0.4, -0.2) is 37.8 Å². The molecule has 1 aromatic heterocycles. The Morgan fingerprint density at radius 2 is 2.25 bits per heavy atom. The first-order chi connectivity index (χ1) is 9.55. The zero-order chi connectivity index (χ0) is 14.7. The van der Waals surface area contributed by atoms with E-state index in [1.165, 1.54) is 7.11 Å². The molecule has 0 bridgehead atoms. The van der Waals surface area contributed by atoms with Gasteiger partial charge >= 0.3 is 0 Å². The van der Waals surface area contributed by atoms with Crippen LogP contribution in [0.15, 0.2) is 12.1 Å². The minimum Gasteiger partial charge on any atom is -0.494 e. The smallest absolute Gasteiger partial charge is 0.243 e. The van der Waals surface area contributed by atoms with E-state index >= 15 is 0 Å². The largest absolute Gasteiger partial charge is 0.494 e. The normalized spacial score (nSPS) is 12.4. The predicted octanol–water partition coefficient (Wildman–Crippen LogP) is 1.53. The summed E-state index contributed by atoms with van der Waals surface area (Å²) in [5.41, 5.74) is 7.13. The number of rotatable bonds is 5. The Bertz CT molecular complexity index is 627. The summed E-state index contributed by atoms with van der Waals surface area (Å²) in [4.78, 5) is 16.3. The van der Waals surface area contributed by atoms with Crippen LogP contribution in [0.5, 0.6) is 5.75 Å². The lowest BCUT2D eigenvalue weighted by atomic mass is 10.2. The molecule has 1 unspecified atom stereocenters. The van der Waals surface area contributed by atoms with Crippen LogP contribution in [0, 0.1) is 6.92 Å². The number of nitrogens with one attached hydrogen (secondary N) is 1. The zero-order valence-corrected chi connectivity index (χ0v) is 12.4. The molecule has 2 rings (SSSR count). The SMILES string of the molecule is COCC(N)C(=O)Nc1cc2sc(C)nc2cc1OC. The molecule has 7 heteroatoms. The molecular weight excluding hydrogens is 278 g/mol. The van der Waals surface area contributed by atoms with Gasteiger partial charge < -0.3 is 20.5 Å². The molecule has 6 nitrogen and oxygen atoms in total. The van der Waals surface area contributed by atoms with Crippen LogP contribution in [0.2, 0.25) is 0 Å². The number of hydrogen-bond acceptors (Lipinski definition) is 6. The molecule has 0 saturated carbocycles. The summed E-state index contributed by atoms with van der Waals surface area (Å²) >= 11 is 1.56. The summed E-state index contributed by atoms with van der Waals surface area (Å²) in [5, 5.41) is 3.72. The third kappa shape index (κ3) is 3.06. The molecule has 0 saturated heterocycles. The maximum atomic E-state index is 11.9. The summed E-state index contributed by atoms with van der Waals surface area (Å²) in [6, 6.07) is 2.93. The molecule has 0 aliphatic rings. The Morgan fingerprint density at radius 1 is 1.50 bits per heavy atom. The van der Waals surface area contributed by atoms with Gasteiger partial charge in [-0.1, -0.05) is 0 Å². The second-order valence-corrected chi connectivity index (χ2v) is 5.54. The molecule has 0 aliphatic carbocycles. The number of carbonyl (C=O) groups excluding carboxylic acids is 1. The van der Waals surface area contributed by atoms with E-state index in [1.807, 2.05) is 13.0 Å². The lowest BCUT2D eigenvalue weighted by Crippen LogP contribution is -2.39. The minimum absolute atomic E-state index is 0.163. The fourth-order valence-corrected chi connectivity index (χ4v) is 2.67. The van der Waals surface area contributed by atoms with Crippen molar-refractivity contribution in [2.75, 3.05) is 26.1 Å². The fourth-order valence-electron chi connectivity index (χ4n) is 1.82. The van der Waals surface area contributed by atoms with E-state index in [0.717, 1.165) is 15.2 Å². The van der Waals surface area contributed by atoms with Gasteiger partial charge in [0, 0.05) is 13.2 Å². The highest BCUT2D eigenvalue weighted by Gasteiger charge is 2.16. The molecule has 1 amide bonds. The Balaban J connectivity index is 2.30. The van der Waals surface area contributed by atoms with Crippen molar-refractivity contribution in [3.8, 4) is 5.75 Å². The summed E-state index contributed by atoms with van der Waals surface area (Å²) in [7, 11) is 3.05. The number of nitrogens with zero attached hydrogens (tertiary/aromatic N) is 1. The quantitative estimate of drug-likeness (QED) is 0.873. The van der Waals surface area contributed by atoms with Gasteiger partial charge in [-0.2, -0.15) is 0 Å². The van der Waals surface area contributed by atoms with E-state index < -0.39 is 6.04 Å². The molecule has 0 spiro atoms. The summed E-state index contributed by atoms with van der Waals surface area (Å²) < 4.78 is 11.1. The number of methoxy groups -OCH3 is 2. The summed E-state index contributed by atoms with van der Waals surface area (Å²) in [6.07, 6.45) is 0. The van der Waals surface area contributed by atoms with Gasteiger partial charge in [0.15, 0.2) is 0 Å². The van der Waals surface area contributed by atoms with Gasteiger partial charge in [-0.05, 0) is 13.0 Å². The predicted molar refractivity (Wildman–Crippen MR) is 79.4 cm³/mol. The van der Waals surface area contributed by atoms with Gasteiger partial charge in [0.1, 0.15) is 11.8 Å². The first kappa shape index (κ1) is 14.7. The Kier molecular flexibility index (Phi) is 4.53. The van der Waals surface area contributed by atoms with Crippen molar-refractivity contribution in [3.05, 3.63) is 17.1 Å². The van der Waals surface area contributed by atoms with Crippen molar-refractivity contribution in [2.45, 2.75) is 13.0 Å². The molecule has 0 aliphatic heterocycles. The van der Waals surface area contributed by atoms with Crippen LogP contribution >= 0.6 is 11.3 Å². The van der Waals surface area contributed by atoms with Crippen LogP contribution in [0.4, 0.5) is 5.69 Å². The van der Waals surface area contributed by atoms with Gasteiger partial charge in [0.2, 0.25) is 5.91 Å². The molecule has 20 heavy (non-hydrogen) atoms. The van der Waals surface area contributed by atoms with Crippen molar-refractivity contribution >= 4 is 33.1 Å². The number of anilines is 1. The second-order valence-electron chi connectivity index (χ2n) is 4.30. The standard InChI is InChI=1S/C13H17N3O3S/c1-7-15-10-4-11(19-3)9(5-12(10)20-7)16-13(17)8(14)6-18-2/h4-5,8H,6,14H2,1-3H3,(H,16,17). The highest BCUT2D eigenvalue weighted by molar-refractivity contribution is 7.18. The first-order valence-electron chi connectivity index (χ1n) is 6.05. The fraction of sp³-hybridized carbons (Fsp3) is 0.385. The van der Waals surface area contributed by atoms with Gasteiger partial charge in [0.25, 0.3) is 0 Å². The number of hydrogen-bond donors (Lipinski definition) is 2. The number of nitrogens with two attached hydrogens (primary N) is 1. The highest BCUT2D eigenvalue weighted by Crippen LogP contribution is 2.33. The molecule has 0 fully saturated rings. The van der Waals surface area contributed by atoms with E-state index in [-0.39, 0.29) is 12.5 Å². The number of carbonyl (C=O) groups is 1. The number of aromatic nitrogens is 1. The van der Waals surface area contributed by atoms with Crippen LogP contribution in [0.25, 0.3) is 10.2 Å². The van der Waals surface area contributed by atoms with E-state index in [9.17, 15) is 4.79 Å². The third-order valence-electron chi connectivity index (χ3n) is 2.76. The topological polar surface area (TPSA) is 86.5 Å².